The van der Waals surface area contributed by atoms with Crippen LogP contribution in [0.5, 0.6) is 11.9 Å². The molecule has 0 radical (unpaired) electrons. The summed E-state index contributed by atoms with van der Waals surface area (Å²) in [6.07, 6.45) is 6.14. The van der Waals surface area contributed by atoms with Crippen molar-refractivity contribution in [3.05, 3.63) is 72.0 Å². The Balaban J connectivity index is 1.65. The van der Waals surface area contributed by atoms with Crippen LogP contribution < -0.4 is 19.9 Å². The number of nitrogens with two attached hydrogens (primary N) is 1. The van der Waals surface area contributed by atoms with Crippen LogP contribution in [0.2, 0.25) is 0 Å². The normalized spacial score (nSPS) is 15.8. The molecule has 10 nitrogen and oxygen atoms in total. The first kappa shape index (κ1) is 23.1. The van der Waals surface area contributed by atoms with Gasteiger partial charge in [0.05, 0.1) is 43.1 Å². The van der Waals surface area contributed by atoms with E-state index in [1.165, 1.54) is 44.8 Å². The number of hydrogen-bond acceptors (Lipinski definition) is 9. The quantitative estimate of drug-likeness (QED) is 0.517. The van der Waals surface area contributed by atoms with E-state index >= 15 is 4.39 Å². The molecule has 0 amide bonds. The highest BCUT2D eigenvalue weighted by Crippen LogP contribution is 2.37. The predicted octanol–water partition coefficient (Wildman–Crippen LogP) is 3.09. The van der Waals surface area contributed by atoms with Crippen LogP contribution in [0.3, 0.4) is 0 Å². The van der Waals surface area contributed by atoms with Crippen molar-refractivity contribution in [2.75, 3.05) is 24.7 Å². The molecule has 0 aliphatic heterocycles. The zero-order chi connectivity index (χ0) is 24.3. The second-order valence-corrected chi connectivity index (χ2v) is 8.88. The summed E-state index contributed by atoms with van der Waals surface area (Å²) in [4.78, 5) is 16.0. The van der Waals surface area contributed by atoms with Crippen LogP contribution in [0.25, 0.3) is 5.57 Å². The molecule has 0 saturated heterocycles. The molecule has 0 fully saturated rings. The molecule has 2 aromatic heterocycles. The number of ether oxygens (including phenoxy) is 2. The zero-order valence-corrected chi connectivity index (χ0v) is 19.1. The molecule has 34 heavy (non-hydrogen) atoms. The standard InChI is InChI=1S/C22H21FN6O4S/c1-32-21-10-20(27-22(28-21)33-2)29-34(30,31)18-6-4-3-5-14(18)13-7-8-15(16(23)9-13)17-11-26-19(24)12-25-17/h3-7,9-12,15H,8H2,1-2H3,(H2,24,26)(H,27,28,29). The maximum atomic E-state index is 15.0. The fourth-order valence-corrected chi connectivity index (χ4v) is 4.65. The molecule has 1 aliphatic carbocycles. The predicted molar refractivity (Wildman–Crippen MR) is 123 cm³/mol. The van der Waals surface area contributed by atoms with E-state index in [9.17, 15) is 8.42 Å². The first-order chi connectivity index (χ1) is 16.3. The Kier molecular flexibility index (Phi) is 6.41. The van der Waals surface area contributed by atoms with Gasteiger partial charge >= 0.3 is 6.01 Å². The summed E-state index contributed by atoms with van der Waals surface area (Å²) in [5.74, 6) is -0.762. The third-order valence-corrected chi connectivity index (χ3v) is 6.46. The third-order valence-electron chi connectivity index (χ3n) is 5.05. The number of nitrogens with one attached hydrogen (secondary N) is 1. The van der Waals surface area contributed by atoms with Gasteiger partial charge in [-0.25, -0.2) is 17.8 Å². The smallest absolute Gasteiger partial charge is 0.321 e. The lowest BCUT2D eigenvalue weighted by Crippen LogP contribution is -2.16. The Hall–Kier alpha value is -4.06. The maximum absolute atomic E-state index is 15.0. The lowest BCUT2D eigenvalue weighted by Gasteiger charge is -2.20. The maximum Gasteiger partial charge on any atom is 0.321 e. The number of benzene rings is 1. The van der Waals surface area contributed by atoms with Crippen LogP contribution in [0.4, 0.5) is 16.0 Å². The molecule has 12 heteroatoms. The third kappa shape index (κ3) is 4.81. The number of methoxy groups -OCH3 is 2. The summed E-state index contributed by atoms with van der Waals surface area (Å²) in [6, 6.07) is 7.54. The summed E-state index contributed by atoms with van der Waals surface area (Å²) in [5, 5.41) is 0. The minimum absolute atomic E-state index is 0.0418. The Bertz CT molecular complexity index is 1350. The molecule has 2 heterocycles. The van der Waals surface area contributed by atoms with Gasteiger partial charge < -0.3 is 15.2 Å². The van der Waals surface area contributed by atoms with E-state index in [4.69, 9.17) is 15.2 Å². The second kappa shape index (κ2) is 9.43. The summed E-state index contributed by atoms with van der Waals surface area (Å²) < 4.78 is 54.0. The van der Waals surface area contributed by atoms with Gasteiger partial charge in [0, 0.05) is 11.6 Å². The average Bonchev–Trinajstić information content (AvgIpc) is 2.84. The van der Waals surface area contributed by atoms with E-state index in [1.54, 1.807) is 24.3 Å². The number of aromatic nitrogens is 4. The Morgan fingerprint density at radius 1 is 1.12 bits per heavy atom. The van der Waals surface area contributed by atoms with Crippen LogP contribution in [0.1, 0.15) is 23.6 Å². The summed E-state index contributed by atoms with van der Waals surface area (Å²) in [7, 11) is -1.38. The van der Waals surface area contributed by atoms with Crippen molar-refractivity contribution >= 4 is 27.2 Å². The molecule has 1 aromatic carbocycles. The zero-order valence-electron chi connectivity index (χ0n) is 18.3. The minimum atomic E-state index is -4.11. The van der Waals surface area contributed by atoms with E-state index in [0.717, 1.165) is 0 Å². The lowest BCUT2D eigenvalue weighted by molar-refractivity contribution is 0.353. The van der Waals surface area contributed by atoms with Gasteiger partial charge in [-0.05, 0) is 24.1 Å². The van der Waals surface area contributed by atoms with Gasteiger partial charge in [0.2, 0.25) is 5.88 Å². The Morgan fingerprint density at radius 2 is 1.91 bits per heavy atom. The fraction of sp³-hybridized carbons (Fsp3) is 0.182. The van der Waals surface area contributed by atoms with Crippen molar-refractivity contribution in [1.82, 2.24) is 19.9 Å². The molecule has 1 aliphatic rings. The molecular formula is C22H21FN6O4S. The van der Waals surface area contributed by atoms with Crippen LogP contribution in [-0.4, -0.2) is 42.6 Å². The van der Waals surface area contributed by atoms with Crippen molar-refractivity contribution in [3.8, 4) is 11.9 Å². The molecule has 176 valence electrons. The molecule has 1 unspecified atom stereocenters. The number of allylic oxidation sites excluding steroid dienone is 4. The van der Waals surface area contributed by atoms with Crippen LogP contribution in [0, 0.1) is 0 Å². The van der Waals surface area contributed by atoms with Crippen LogP contribution >= 0.6 is 0 Å². The van der Waals surface area contributed by atoms with Gasteiger partial charge in [0.1, 0.15) is 11.6 Å². The number of anilines is 2. The first-order valence-corrected chi connectivity index (χ1v) is 11.5. The summed E-state index contributed by atoms with van der Waals surface area (Å²) >= 11 is 0. The molecule has 0 saturated carbocycles. The lowest BCUT2D eigenvalue weighted by atomic mass is 9.90. The highest BCUT2D eigenvalue weighted by atomic mass is 32.2. The van der Waals surface area contributed by atoms with Crippen molar-refractivity contribution < 1.29 is 22.3 Å². The van der Waals surface area contributed by atoms with Crippen LogP contribution in [0.15, 0.2) is 65.6 Å². The number of hydrogen-bond donors (Lipinski definition) is 2. The van der Waals surface area contributed by atoms with E-state index in [2.05, 4.69) is 24.7 Å². The van der Waals surface area contributed by atoms with Gasteiger partial charge in [-0.3, -0.25) is 9.71 Å². The first-order valence-electron chi connectivity index (χ1n) is 10.0. The molecule has 3 N–H and O–H groups in total. The number of rotatable bonds is 7. The number of halogens is 1. The van der Waals surface area contributed by atoms with Crippen LogP contribution in [-0.2, 0) is 10.0 Å². The Labute approximate surface area is 195 Å². The highest BCUT2D eigenvalue weighted by Gasteiger charge is 2.26. The fourth-order valence-electron chi connectivity index (χ4n) is 3.43. The monoisotopic (exact) mass is 484 g/mol. The van der Waals surface area contributed by atoms with E-state index in [-0.39, 0.29) is 34.8 Å². The summed E-state index contributed by atoms with van der Waals surface area (Å²) in [5.41, 5.74) is 6.75. The summed E-state index contributed by atoms with van der Waals surface area (Å²) in [6.45, 7) is 0. The molecular weight excluding hydrogens is 463 g/mol. The van der Waals surface area contributed by atoms with Crippen molar-refractivity contribution in [2.45, 2.75) is 17.2 Å². The van der Waals surface area contributed by atoms with Gasteiger partial charge in [0.15, 0.2) is 5.82 Å². The molecule has 0 bridgehead atoms. The topological polar surface area (TPSA) is 142 Å². The average molecular weight is 485 g/mol. The van der Waals surface area contributed by atoms with Gasteiger partial charge in [-0.1, -0.05) is 24.3 Å². The van der Waals surface area contributed by atoms with E-state index in [1.807, 2.05) is 0 Å². The largest absolute Gasteiger partial charge is 0.481 e. The molecule has 4 rings (SSSR count). The SMILES string of the molecule is COc1cc(NS(=O)(=O)c2ccccc2C2=CCC(c3cnc(N)cn3)C(F)=C2)nc(OC)n1. The van der Waals surface area contributed by atoms with Crippen molar-refractivity contribution in [3.63, 3.8) is 0 Å². The molecule has 0 spiro atoms. The van der Waals surface area contributed by atoms with Crippen molar-refractivity contribution in [1.29, 1.82) is 0 Å². The minimum Gasteiger partial charge on any atom is -0.481 e. The van der Waals surface area contributed by atoms with Crippen molar-refractivity contribution in [2.24, 2.45) is 0 Å². The highest BCUT2D eigenvalue weighted by molar-refractivity contribution is 7.92. The Morgan fingerprint density at radius 3 is 2.59 bits per heavy atom. The number of nitrogens with zero attached hydrogens (tertiary/aromatic N) is 4. The second-order valence-electron chi connectivity index (χ2n) is 7.23. The van der Waals surface area contributed by atoms with E-state index < -0.39 is 21.8 Å². The number of sulfonamides is 1. The van der Waals surface area contributed by atoms with Gasteiger partial charge in [-0.15, -0.1) is 0 Å². The molecule has 1 atom stereocenters. The van der Waals surface area contributed by atoms with Gasteiger partial charge in [0.25, 0.3) is 10.0 Å². The van der Waals surface area contributed by atoms with E-state index in [0.29, 0.717) is 16.8 Å². The number of nitrogen functional groups attached to an aromatic ring is 1. The molecule has 3 aromatic rings. The van der Waals surface area contributed by atoms with Gasteiger partial charge in [-0.2, -0.15) is 9.97 Å².